The Kier molecular flexibility index (Phi) is 14.4. The molecule has 0 amide bonds. The summed E-state index contributed by atoms with van der Waals surface area (Å²) < 4.78 is 0. The first-order chi connectivity index (χ1) is 30.5. The number of rotatable bonds is 16. The van der Waals surface area contributed by atoms with Crippen LogP contribution in [0.4, 0.5) is 28.4 Å². The molecule has 0 spiro atoms. The number of hydrogen-bond donors (Lipinski definition) is 0. The van der Waals surface area contributed by atoms with E-state index in [2.05, 4.69) is 238 Å². The Morgan fingerprint density at radius 1 is 0.548 bits per heavy atom. The maximum atomic E-state index is 4.22. The second kappa shape index (κ2) is 21.0. The van der Waals surface area contributed by atoms with Gasteiger partial charge in [-0.2, -0.15) is 0 Å². The Bertz CT molecular complexity index is 2660. The number of anilines is 5. The smallest absolute Gasteiger partial charge is 0.0462 e. The van der Waals surface area contributed by atoms with E-state index in [0.717, 1.165) is 62.8 Å². The van der Waals surface area contributed by atoms with Gasteiger partial charge in [-0.25, -0.2) is 0 Å². The van der Waals surface area contributed by atoms with Crippen LogP contribution in [0.2, 0.25) is 0 Å². The van der Waals surface area contributed by atoms with E-state index in [-0.39, 0.29) is 0 Å². The molecule has 62 heavy (non-hydrogen) atoms. The average Bonchev–Trinajstić information content (AvgIpc) is 3.34. The van der Waals surface area contributed by atoms with Crippen molar-refractivity contribution in [1.82, 2.24) is 0 Å². The Hall–Kier alpha value is -7.68. The molecule has 0 saturated heterocycles. The first-order valence-electron chi connectivity index (χ1n) is 21.3. The summed E-state index contributed by atoms with van der Waals surface area (Å²) in [5, 5.41) is 0. The lowest BCUT2D eigenvalue weighted by Gasteiger charge is -2.27. The van der Waals surface area contributed by atoms with E-state index in [9.17, 15) is 0 Å². The third kappa shape index (κ3) is 10.2. The van der Waals surface area contributed by atoms with Crippen LogP contribution in [0.25, 0.3) is 27.8 Å². The molecule has 7 rings (SSSR count). The second-order valence-corrected chi connectivity index (χ2v) is 15.0. The van der Waals surface area contributed by atoms with Crippen molar-refractivity contribution in [2.45, 2.75) is 26.2 Å². The number of benzene rings is 6. The molecular formula is C60H54N2. The minimum absolute atomic E-state index is 0.400. The third-order valence-corrected chi connectivity index (χ3v) is 11.1. The highest BCUT2D eigenvalue weighted by Crippen LogP contribution is 2.39. The standard InChI is InChI=1S/C60H54N2/c1-6-18-46(8-3)20-17-25-55(10-5)61(56-38-28-51(29-39-56)48-21-13-11-14-22-48)57-40-32-53(33-41-57)54-34-44-60(45-35-54)62(58-36-26-50(27-37-58)47(9-4)19-7-2)59-42-30-52(31-43-59)49-23-15-12-16-24-49/h6-23,25-45,49H,1,3,5,24H2,2,4H3. The van der Waals surface area contributed by atoms with Crippen molar-refractivity contribution in [1.29, 1.82) is 0 Å². The largest absolute Gasteiger partial charge is 0.311 e. The van der Waals surface area contributed by atoms with Crippen molar-refractivity contribution >= 4 is 34.0 Å². The van der Waals surface area contributed by atoms with Gasteiger partial charge < -0.3 is 9.80 Å². The van der Waals surface area contributed by atoms with Gasteiger partial charge in [0, 0.05) is 40.1 Å². The summed E-state index contributed by atoms with van der Waals surface area (Å²) in [6.07, 6.45) is 29.8. The van der Waals surface area contributed by atoms with Gasteiger partial charge >= 0.3 is 0 Å². The van der Waals surface area contributed by atoms with Gasteiger partial charge in [0.05, 0.1) is 0 Å². The van der Waals surface area contributed by atoms with Crippen LogP contribution < -0.4 is 9.80 Å². The predicted octanol–water partition coefficient (Wildman–Crippen LogP) is 17.1. The zero-order valence-corrected chi connectivity index (χ0v) is 35.8. The molecule has 6 aromatic rings. The lowest BCUT2D eigenvalue weighted by atomic mass is 9.92. The predicted molar refractivity (Wildman–Crippen MR) is 271 cm³/mol. The van der Waals surface area contributed by atoms with Crippen LogP contribution in [0.1, 0.15) is 37.3 Å². The van der Waals surface area contributed by atoms with Gasteiger partial charge in [-0.1, -0.05) is 184 Å². The highest BCUT2D eigenvalue weighted by Gasteiger charge is 2.17. The summed E-state index contributed by atoms with van der Waals surface area (Å²) in [5.74, 6) is 0.400. The number of allylic oxidation sites excluding steroid dienone is 16. The van der Waals surface area contributed by atoms with Crippen LogP contribution in [0.15, 0.2) is 268 Å². The van der Waals surface area contributed by atoms with Crippen molar-refractivity contribution in [3.63, 3.8) is 0 Å². The van der Waals surface area contributed by atoms with Crippen molar-refractivity contribution in [3.05, 3.63) is 279 Å². The summed E-state index contributed by atoms with van der Waals surface area (Å²) in [7, 11) is 0. The summed E-state index contributed by atoms with van der Waals surface area (Å²) in [6, 6.07) is 54.7. The van der Waals surface area contributed by atoms with Crippen molar-refractivity contribution in [2.24, 2.45) is 0 Å². The molecule has 0 aromatic heterocycles. The van der Waals surface area contributed by atoms with Gasteiger partial charge in [-0.05, 0) is 138 Å². The topological polar surface area (TPSA) is 6.48 Å². The normalized spacial score (nSPS) is 14.3. The molecule has 6 aromatic carbocycles. The highest BCUT2D eigenvalue weighted by atomic mass is 15.1. The molecule has 304 valence electrons. The average molecular weight is 803 g/mol. The monoisotopic (exact) mass is 802 g/mol. The van der Waals surface area contributed by atoms with Gasteiger partial charge in [0.15, 0.2) is 0 Å². The molecule has 2 heteroatoms. The van der Waals surface area contributed by atoms with Crippen LogP contribution in [0.5, 0.6) is 0 Å². The van der Waals surface area contributed by atoms with Gasteiger partial charge in [0.25, 0.3) is 0 Å². The van der Waals surface area contributed by atoms with E-state index in [1.54, 1.807) is 6.08 Å². The van der Waals surface area contributed by atoms with E-state index in [0.29, 0.717) is 5.92 Å². The minimum atomic E-state index is 0.400. The summed E-state index contributed by atoms with van der Waals surface area (Å²) in [5.41, 5.74) is 15.6. The molecule has 1 aliphatic rings. The van der Waals surface area contributed by atoms with Crippen LogP contribution in [0, 0.1) is 0 Å². The fourth-order valence-corrected chi connectivity index (χ4v) is 7.79. The number of nitrogens with zero attached hydrogens (tertiary/aromatic N) is 2. The van der Waals surface area contributed by atoms with Crippen LogP contribution in [-0.4, -0.2) is 0 Å². The van der Waals surface area contributed by atoms with Gasteiger partial charge in [-0.15, -0.1) is 0 Å². The molecule has 0 bridgehead atoms. The van der Waals surface area contributed by atoms with E-state index in [1.807, 2.05) is 36.4 Å². The van der Waals surface area contributed by atoms with Gasteiger partial charge in [-0.3, -0.25) is 0 Å². The van der Waals surface area contributed by atoms with Crippen molar-refractivity contribution in [2.75, 3.05) is 9.80 Å². The summed E-state index contributed by atoms with van der Waals surface area (Å²) in [4.78, 5) is 4.57. The Morgan fingerprint density at radius 2 is 1.08 bits per heavy atom. The molecule has 0 N–H and O–H groups in total. The molecule has 1 atom stereocenters. The molecule has 0 heterocycles. The minimum Gasteiger partial charge on any atom is -0.311 e. The van der Waals surface area contributed by atoms with Crippen LogP contribution in [0.3, 0.4) is 0 Å². The molecule has 1 unspecified atom stereocenters. The third-order valence-electron chi connectivity index (χ3n) is 11.1. The fraction of sp³-hybridized carbons (Fsp3) is 0.0667. The molecule has 1 aliphatic carbocycles. The van der Waals surface area contributed by atoms with Crippen molar-refractivity contribution < 1.29 is 0 Å². The van der Waals surface area contributed by atoms with Gasteiger partial charge in [0.2, 0.25) is 0 Å². The van der Waals surface area contributed by atoms with Gasteiger partial charge in [0.1, 0.15) is 0 Å². The first-order valence-corrected chi connectivity index (χ1v) is 21.3. The molecular weight excluding hydrogens is 749 g/mol. The zero-order chi connectivity index (χ0) is 43.1. The van der Waals surface area contributed by atoms with E-state index in [4.69, 9.17) is 0 Å². The molecule has 2 nitrogen and oxygen atoms in total. The first kappa shape index (κ1) is 42.4. The van der Waals surface area contributed by atoms with Crippen LogP contribution in [-0.2, 0) is 0 Å². The molecule has 0 fully saturated rings. The van der Waals surface area contributed by atoms with Crippen LogP contribution >= 0.6 is 0 Å². The van der Waals surface area contributed by atoms with E-state index >= 15 is 0 Å². The zero-order valence-electron chi connectivity index (χ0n) is 35.8. The Balaban J connectivity index is 1.20. The highest BCUT2D eigenvalue weighted by molar-refractivity contribution is 5.82. The lowest BCUT2D eigenvalue weighted by Crippen LogP contribution is -2.15. The van der Waals surface area contributed by atoms with E-state index in [1.165, 1.54) is 22.3 Å². The summed E-state index contributed by atoms with van der Waals surface area (Å²) >= 11 is 0. The molecule has 0 aliphatic heterocycles. The second-order valence-electron chi connectivity index (χ2n) is 15.0. The molecule has 0 radical (unpaired) electrons. The Labute approximate surface area is 369 Å². The fourth-order valence-electron chi connectivity index (χ4n) is 7.79. The SMILES string of the molecule is C=CC=C(C=C)C=CC=C(C=C)N(c1ccc(-c2ccccc2)cc1)c1ccc(-c2ccc(N(c3ccc(C(C=CC)=CC)cc3)c3ccc(C4C=CC=CC4)cc3)cc2)cc1. The maximum absolute atomic E-state index is 4.22. The maximum Gasteiger partial charge on any atom is 0.0462 e. The summed E-state index contributed by atoms with van der Waals surface area (Å²) in [6.45, 7) is 16.1. The Morgan fingerprint density at radius 3 is 1.56 bits per heavy atom. The lowest BCUT2D eigenvalue weighted by molar-refractivity contribution is 0.854. The van der Waals surface area contributed by atoms with Crippen molar-refractivity contribution in [3.8, 4) is 22.3 Å². The number of hydrogen-bond acceptors (Lipinski definition) is 2. The quantitative estimate of drug-likeness (QED) is 0.0900. The molecule has 0 saturated carbocycles. The van der Waals surface area contributed by atoms with E-state index < -0.39 is 0 Å².